The normalized spacial score (nSPS) is 17.9. The highest BCUT2D eigenvalue weighted by atomic mass is 16.1. The molecule has 2 rings (SSSR count). The van der Waals surface area contributed by atoms with E-state index in [1.165, 1.54) is 19.3 Å². The maximum absolute atomic E-state index is 12.4. The van der Waals surface area contributed by atoms with Crippen molar-refractivity contribution in [3.05, 3.63) is 11.9 Å². The van der Waals surface area contributed by atoms with E-state index in [4.69, 9.17) is 0 Å². The van der Waals surface area contributed by atoms with Gasteiger partial charge in [0.25, 0.3) is 0 Å². The van der Waals surface area contributed by atoms with Crippen LogP contribution in [0.3, 0.4) is 0 Å². The largest absolute Gasteiger partial charge is 0.297 e. The van der Waals surface area contributed by atoms with Crippen molar-refractivity contribution in [2.24, 2.45) is 7.05 Å². The first-order chi connectivity index (χ1) is 8.50. The van der Waals surface area contributed by atoms with Gasteiger partial charge >= 0.3 is 0 Å². The Labute approximate surface area is 108 Å². The predicted molar refractivity (Wildman–Crippen MR) is 69.2 cm³/mol. The zero-order valence-corrected chi connectivity index (χ0v) is 11.5. The third kappa shape index (κ3) is 2.77. The maximum atomic E-state index is 12.4. The van der Waals surface area contributed by atoms with Crippen LogP contribution in [0, 0.1) is 0 Å². The number of nitrogens with zero attached hydrogens (tertiary/aromatic N) is 4. The molecule has 0 unspecified atom stereocenters. The fourth-order valence-electron chi connectivity index (χ4n) is 2.49. The summed E-state index contributed by atoms with van der Waals surface area (Å²) in [6.07, 6.45) is 5.86. The number of ketones is 1. The standard InChI is InChI=1S/C13H22N4O/c1-13(2,17-7-5-4-6-8-17)12(18)9-11-10-16(3)15-14-11/h10H,4-9H2,1-3H3. The molecule has 1 aliphatic rings. The second-order valence-corrected chi connectivity index (χ2v) is 5.59. The van der Waals surface area contributed by atoms with Crippen LogP contribution in [0.15, 0.2) is 6.20 Å². The molecule has 5 nitrogen and oxygen atoms in total. The van der Waals surface area contributed by atoms with E-state index in [1.807, 2.05) is 27.1 Å². The number of piperidine rings is 1. The summed E-state index contributed by atoms with van der Waals surface area (Å²) in [5, 5.41) is 7.85. The highest BCUT2D eigenvalue weighted by molar-refractivity contribution is 5.89. The zero-order chi connectivity index (χ0) is 13.2. The number of Topliss-reactive ketones (excluding diaryl/α,β-unsaturated/α-hetero) is 1. The molecule has 5 heteroatoms. The molecule has 0 radical (unpaired) electrons. The van der Waals surface area contributed by atoms with Gasteiger partial charge in [0.1, 0.15) is 0 Å². The maximum Gasteiger partial charge on any atom is 0.158 e. The van der Waals surface area contributed by atoms with Gasteiger partial charge in [-0.1, -0.05) is 11.6 Å². The van der Waals surface area contributed by atoms with Gasteiger partial charge in [-0.2, -0.15) is 0 Å². The van der Waals surface area contributed by atoms with Crippen molar-refractivity contribution in [1.29, 1.82) is 0 Å². The molecule has 1 aromatic heterocycles. The first-order valence-corrected chi connectivity index (χ1v) is 6.63. The van der Waals surface area contributed by atoms with E-state index in [2.05, 4.69) is 15.2 Å². The molecular weight excluding hydrogens is 228 g/mol. The third-order valence-corrected chi connectivity index (χ3v) is 3.82. The van der Waals surface area contributed by atoms with Gasteiger partial charge in [-0.25, -0.2) is 0 Å². The van der Waals surface area contributed by atoms with Crippen molar-refractivity contribution in [3.8, 4) is 0 Å². The highest BCUT2D eigenvalue weighted by Gasteiger charge is 2.34. The van der Waals surface area contributed by atoms with Crippen LogP contribution < -0.4 is 0 Å². The second kappa shape index (κ2) is 5.18. The monoisotopic (exact) mass is 250 g/mol. The van der Waals surface area contributed by atoms with Gasteiger partial charge in [0, 0.05) is 13.2 Å². The van der Waals surface area contributed by atoms with Crippen molar-refractivity contribution in [2.75, 3.05) is 13.1 Å². The number of hydrogen-bond acceptors (Lipinski definition) is 4. The van der Waals surface area contributed by atoms with Gasteiger partial charge in [0.15, 0.2) is 5.78 Å². The first-order valence-electron chi connectivity index (χ1n) is 6.63. The lowest BCUT2D eigenvalue weighted by Crippen LogP contribution is -2.52. The molecule has 2 heterocycles. The molecule has 1 saturated heterocycles. The molecule has 18 heavy (non-hydrogen) atoms. The second-order valence-electron chi connectivity index (χ2n) is 5.59. The molecule has 1 fully saturated rings. The molecule has 0 amide bonds. The minimum Gasteiger partial charge on any atom is -0.297 e. The van der Waals surface area contributed by atoms with Crippen molar-refractivity contribution in [2.45, 2.75) is 45.1 Å². The highest BCUT2D eigenvalue weighted by Crippen LogP contribution is 2.22. The number of carbonyl (C=O) groups excluding carboxylic acids is 1. The average Bonchev–Trinajstić information content (AvgIpc) is 2.76. The molecule has 100 valence electrons. The minimum atomic E-state index is -0.391. The van der Waals surface area contributed by atoms with Gasteiger partial charge in [-0.15, -0.1) is 5.10 Å². The van der Waals surface area contributed by atoms with E-state index in [9.17, 15) is 4.79 Å². The third-order valence-electron chi connectivity index (χ3n) is 3.82. The lowest BCUT2D eigenvalue weighted by Gasteiger charge is -2.39. The van der Waals surface area contributed by atoms with Crippen LogP contribution in [0.2, 0.25) is 0 Å². The molecule has 0 N–H and O–H groups in total. The summed E-state index contributed by atoms with van der Waals surface area (Å²) in [5.74, 6) is 0.227. The number of aromatic nitrogens is 3. The first kappa shape index (κ1) is 13.2. The van der Waals surface area contributed by atoms with Crippen molar-refractivity contribution >= 4 is 5.78 Å². The molecule has 0 bridgehead atoms. The number of hydrogen-bond donors (Lipinski definition) is 0. The molecule has 0 spiro atoms. The molecule has 1 aliphatic heterocycles. The van der Waals surface area contributed by atoms with Gasteiger partial charge in [-0.05, 0) is 39.8 Å². The number of aryl methyl sites for hydroxylation is 1. The summed E-state index contributed by atoms with van der Waals surface area (Å²) >= 11 is 0. The van der Waals surface area contributed by atoms with Crippen LogP contribution in [-0.4, -0.2) is 44.3 Å². The van der Waals surface area contributed by atoms with Gasteiger partial charge < -0.3 is 0 Å². The van der Waals surface area contributed by atoms with E-state index in [0.29, 0.717) is 6.42 Å². The number of carbonyl (C=O) groups is 1. The topological polar surface area (TPSA) is 51.0 Å². The summed E-state index contributed by atoms with van der Waals surface area (Å²) in [6.45, 7) is 6.10. The fourth-order valence-corrected chi connectivity index (χ4v) is 2.49. The Kier molecular flexibility index (Phi) is 3.80. The van der Waals surface area contributed by atoms with Gasteiger partial charge in [0.2, 0.25) is 0 Å². The number of rotatable bonds is 4. The van der Waals surface area contributed by atoms with Crippen molar-refractivity contribution in [3.63, 3.8) is 0 Å². The summed E-state index contributed by atoms with van der Waals surface area (Å²) in [7, 11) is 1.82. The Bertz CT molecular complexity index is 418. The minimum absolute atomic E-state index is 0.227. The van der Waals surface area contributed by atoms with Gasteiger partial charge in [0.05, 0.1) is 17.7 Å². The van der Waals surface area contributed by atoms with Crippen LogP contribution in [-0.2, 0) is 18.3 Å². The van der Waals surface area contributed by atoms with E-state index in [-0.39, 0.29) is 5.78 Å². The Morgan fingerprint density at radius 3 is 2.56 bits per heavy atom. The summed E-state index contributed by atoms with van der Waals surface area (Å²) in [6, 6.07) is 0. The molecule has 0 aromatic carbocycles. The Hall–Kier alpha value is -1.23. The molecule has 0 aliphatic carbocycles. The van der Waals surface area contributed by atoms with Crippen LogP contribution in [0.1, 0.15) is 38.8 Å². The molecular formula is C13H22N4O. The summed E-state index contributed by atoms with van der Waals surface area (Å²) < 4.78 is 1.64. The van der Waals surface area contributed by atoms with Crippen LogP contribution in [0.4, 0.5) is 0 Å². The van der Waals surface area contributed by atoms with E-state index >= 15 is 0 Å². The Morgan fingerprint density at radius 1 is 1.33 bits per heavy atom. The summed E-state index contributed by atoms with van der Waals surface area (Å²) in [5.41, 5.74) is 0.366. The Morgan fingerprint density at radius 2 is 2.00 bits per heavy atom. The van der Waals surface area contributed by atoms with Gasteiger partial charge in [-0.3, -0.25) is 14.4 Å². The lowest BCUT2D eigenvalue weighted by molar-refractivity contribution is -0.129. The van der Waals surface area contributed by atoms with E-state index in [0.717, 1.165) is 18.8 Å². The SMILES string of the molecule is Cn1cc(CC(=O)C(C)(C)N2CCCCC2)nn1. The van der Waals surface area contributed by atoms with Crippen LogP contribution >= 0.6 is 0 Å². The number of likely N-dealkylation sites (tertiary alicyclic amines) is 1. The fraction of sp³-hybridized carbons (Fsp3) is 0.769. The average molecular weight is 250 g/mol. The zero-order valence-electron chi connectivity index (χ0n) is 11.5. The van der Waals surface area contributed by atoms with E-state index < -0.39 is 5.54 Å². The molecule has 1 aromatic rings. The smallest absolute Gasteiger partial charge is 0.158 e. The Balaban J connectivity index is 2.02. The van der Waals surface area contributed by atoms with Crippen molar-refractivity contribution < 1.29 is 4.79 Å². The van der Waals surface area contributed by atoms with Crippen LogP contribution in [0.5, 0.6) is 0 Å². The predicted octanol–water partition coefficient (Wildman–Crippen LogP) is 1.19. The van der Waals surface area contributed by atoms with Crippen LogP contribution in [0.25, 0.3) is 0 Å². The molecule has 0 atom stereocenters. The van der Waals surface area contributed by atoms with Crippen molar-refractivity contribution in [1.82, 2.24) is 19.9 Å². The quantitative estimate of drug-likeness (QED) is 0.805. The summed E-state index contributed by atoms with van der Waals surface area (Å²) in [4.78, 5) is 14.7. The lowest BCUT2D eigenvalue weighted by atomic mass is 9.91. The molecule has 0 saturated carbocycles. The van der Waals surface area contributed by atoms with E-state index in [1.54, 1.807) is 4.68 Å².